The summed E-state index contributed by atoms with van der Waals surface area (Å²) in [6.45, 7) is 0.480. The van der Waals surface area contributed by atoms with Crippen molar-refractivity contribution in [3.05, 3.63) is 91.9 Å². The van der Waals surface area contributed by atoms with E-state index in [-0.39, 0.29) is 24.1 Å². The average molecular weight is 630 g/mol. The van der Waals surface area contributed by atoms with Crippen LogP contribution in [0.2, 0.25) is 10.0 Å². The fourth-order valence-electron chi connectivity index (χ4n) is 5.40. The number of amides is 3. The van der Waals surface area contributed by atoms with Crippen molar-refractivity contribution in [2.75, 3.05) is 31.3 Å². The van der Waals surface area contributed by atoms with Crippen molar-refractivity contribution in [2.24, 2.45) is 0 Å². The highest BCUT2D eigenvalue weighted by Gasteiger charge is 2.48. The zero-order valence-corrected chi connectivity index (χ0v) is 24.5. The van der Waals surface area contributed by atoms with Gasteiger partial charge in [-0.3, -0.25) is 14.4 Å². The molecule has 10 heteroatoms. The lowest BCUT2D eigenvalue weighted by Gasteiger charge is -2.32. The number of fused-ring (bicyclic) bond motifs is 1. The largest absolute Gasteiger partial charge is 0.367 e. The fourth-order valence-corrected chi connectivity index (χ4v) is 6.14. The number of nitrogens with one attached hydrogen (secondary N) is 2. The Balaban J connectivity index is 1.60. The summed E-state index contributed by atoms with van der Waals surface area (Å²) in [5.41, 5.74) is 1.73. The molecule has 0 aliphatic carbocycles. The van der Waals surface area contributed by atoms with Gasteiger partial charge in [0.05, 0.1) is 5.56 Å². The number of hydrogen-bond acceptors (Lipinski definition) is 4. The SMILES string of the molecule is CN(C)C(=O)C1CCCN1C(=O)c1ccc(Br)cc1N[C@@]1(Cc2cccc(Cl)c2)C(=O)Nc2cc(Cl)ccc21. The lowest BCUT2D eigenvalue weighted by atomic mass is 9.84. The Bertz CT molecular complexity index is 1480. The average Bonchev–Trinajstić information content (AvgIpc) is 3.46. The Labute approximate surface area is 245 Å². The zero-order chi connectivity index (χ0) is 27.9. The van der Waals surface area contributed by atoms with Crippen LogP contribution in [0.1, 0.15) is 34.3 Å². The summed E-state index contributed by atoms with van der Waals surface area (Å²) in [7, 11) is 3.38. The quantitative estimate of drug-likeness (QED) is 0.353. The van der Waals surface area contributed by atoms with Crippen LogP contribution in [-0.4, -0.2) is 54.2 Å². The van der Waals surface area contributed by atoms with Crippen molar-refractivity contribution in [3.8, 4) is 0 Å². The maximum atomic E-state index is 13.9. The Kier molecular flexibility index (Phi) is 7.64. The normalized spacial score (nSPS) is 20.0. The first kappa shape index (κ1) is 27.5. The second-order valence-electron chi connectivity index (χ2n) is 10.1. The first-order chi connectivity index (χ1) is 18.6. The topological polar surface area (TPSA) is 81.8 Å². The maximum absolute atomic E-state index is 13.9. The van der Waals surface area contributed by atoms with Gasteiger partial charge in [0.2, 0.25) is 5.91 Å². The molecular weight excluding hydrogens is 603 g/mol. The van der Waals surface area contributed by atoms with Gasteiger partial charge >= 0.3 is 0 Å². The fraction of sp³-hybridized carbons (Fsp3) is 0.276. The number of rotatable bonds is 6. The van der Waals surface area contributed by atoms with Gasteiger partial charge in [-0.25, -0.2) is 0 Å². The van der Waals surface area contributed by atoms with Crippen LogP contribution in [0.3, 0.4) is 0 Å². The van der Waals surface area contributed by atoms with Crippen molar-refractivity contribution in [1.82, 2.24) is 9.80 Å². The van der Waals surface area contributed by atoms with Crippen LogP contribution in [0.5, 0.6) is 0 Å². The molecule has 1 fully saturated rings. The minimum Gasteiger partial charge on any atom is -0.367 e. The van der Waals surface area contributed by atoms with Crippen LogP contribution in [0, 0.1) is 0 Å². The van der Waals surface area contributed by atoms with E-state index in [9.17, 15) is 14.4 Å². The van der Waals surface area contributed by atoms with Gasteiger partial charge in [0, 0.05) is 58.5 Å². The summed E-state index contributed by atoms with van der Waals surface area (Å²) in [6, 6.07) is 17.4. The van der Waals surface area contributed by atoms with E-state index in [1.54, 1.807) is 55.4 Å². The van der Waals surface area contributed by atoms with Gasteiger partial charge in [-0.2, -0.15) is 0 Å². The third-order valence-corrected chi connectivity index (χ3v) is 8.20. The molecule has 1 saturated heterocycles. The molecule has 2 atom stereocenters. The molecule has 2 aliphatic rings. The smallest absolute Gasteiger partial charge is 0.256 e. The second-order valence-corrected chi connectivity index (χ2v) is 11.8. The molecule has 39 heavy (non-hydrogen) atoms. The Morgan fingerprint density at radius 1 is 1.10 bits per heavy atom. The molecule has 0 spiro atoms. The van der Waals surface area contributed by atoms with Crippen LogP contribution in [0.15, 0.2) is 65.1 Å². The number of anilines is 2. The highest BCUT2D eigenvalue weighted by molar-refractivity contribution is 9.10. The summed E-state index contributed by atoms with van der Waals surface area (Å²) in [6.07, 6.45) is 1.61. The molecular formula is C29H27BrCl2N4O3. The summed E-state index contributed by atoms with van der Waals surface area (Å²) >= 11 is 16.1. The molecule has 0 radical (unpaired) electrons. The van der Waals surface area contributed by atoms with Crippen LogP contribution in [0.25, 0.3) is 0 Å². The molecule has 2 N–H and O–H groups in total. The van der Waals surface area contributed by atoms with E-state index in [2.05, 4.69) is 26.6 Å². The predicted molar refractivity (Wildman–Crippen MR) is 157 cm³/mol. The van der Waals surface area contributed by atoms with Crippen molar-refractivity contribution >= 4 is 68.2 Å². The minimum absolute atomic E-state index is 0.106. The number of nitrogens with zero attached hydrogens (tertiary/aromatic N) is 2. The number of likely N-dealkylation sites (N-methyl/N-ethyl adjacent to an activating group) is 1. The van der Waals surface area contributed by atoms with Crippen molar-refractivity contribution < 1.29 is 14.4 Å². The molecule has 0 bridgehead atoms. The molecule has 3 aromatic rings. The van der Waals surface area contributed by atoms with Crippen LogP contribution in [0.4, 0.5) is 11.4 Å². The van der Waals surface area contributed by atoms with Crippen LogP contribution >= 0.6 is 39.1 Å². The lowest BCUT2D eigenvalue weighted by Crippen LogP contribution is -2.47. The zero-order valence-electron chi connectivity index (χ0n) is 21.4. The summed E-state index contributed by atoms with van der Waals surface area (Å²) in [5.74, 6) is -0.652. The summed E-state index contributed by atoms with van der Waals surface area (Å²) < 4.78 is 0.733. The van der Waals surface area contributed by atoms with Gasteiger partial charge in [0.1, 0.15) is 11.6 Å². The number of benzene rings is 3. The molecule has 1 unspecified atom stereocenters. The number of carbonyl (C=O) groups excluding carboxylic acids is 3. The first-order valence-corrected chi connectivity index (χ1v) is 14.1. The van der Waals surface area contributed by atoms with Crippen LogP contribution in [-0.2, 0) is 21.5 Å². The van der Waals surface area contributed by atoms with E-state index in [0.717, 1.165) is 16.5 Å². The van der Waals surface area contributed by atoms with Gasteiger partial charge in [-0.15, -0.1) is 0 Å². The molecule has 3 aromatic carbocycles. The van der Waals surface area contributed by atoms with Gasteiger partial charge in [-0.05, 0) is 60.9 Å². The van der Waals surface area contributed by atoms with Crippen LogP contribution < -0.4 is 10.6 Å². The monoisotopic (exact) mass is 628 g/mol. The predicted octanol–water partition coefficient (Wildman–Crippen LogP) is 5.95. The Morgan fingerprint density at radius 3 is 2.62 bits per heavy atom. The maximum Gasteiger partial charge on any atom is 0.256 e. The number of hydrogen-bond donors (Lipinski definition) is 2. The standard InChI is InChI=1S/C29H27BrCl2N4O3/c1-35(2)27(38)25-7-4-12-36(25)26(37)21-10-8-18(30)14-23(21)34-29(16-17-5-3-6-19(31)13-17)22-11-9-20(32)15-24(22)33-28(29)39/h3,5-6,8-11,13-15,25,34H,4,7,12,16H2,1-2H3,(H,33,39)/t25?,29-/m1/s1. The van der Waals surface area contributed by atoms with Gasteiger partial charge in [0.15, 0.2) is 0 Å². The minimum atomic E-state index is -1.26. The molecule has 2 aliphatic heterocycles. The molecule has 0 aromatic heterocycles. The third-order valence-electron chi connectivity index (χ3n) is 7.24. The molecule has 2 heterocycles. The van der Waals surface area contributed by atoms with E-state index < -0.39 is 11.6 Å². The van der Waals surface area contributed by atoms with Gasteiger partial charge in [-0.1, -0.05) is 57.3 Å². The van der Waals surface area contributed by atoms with E-state index in [0.29, 0.717) is 45.5 Å². The van der Waals surface area contributed by atoms with Crippen molar-refractivity contribution in [1.29, 1.82) is 0 Å². The number of likely N-dealkylation sites (tertiary alicyclic amines) is 1. The second kappa shape index (κ2) is 10.8. The van der Waals surface area contributed by atoms with E-state index in [1.807, 2.05) is 24.3 Å². The molecule has 3 amide bonds. The van der Waals surface area contributed by atoms with Gasteiger partial charge < -0.3 is 20.4 Å². The highest BCUT2D eigenvalue weighted by Crippen LogP contribution is 2.43. The number of carbonyl (C=O) groups is 3. The Morgan fingerprint density at radius 2 is 1.87 bits per heavy atom. The molecule has 7 nitrogen and oxygen atoms in total. The molecule has 202 valence electrons. The summed E-state index contributed by atoms with van der Waals surface area (Å²) in [5, 5.41) is 7.47. The highest BCUT2D eigenvalue weighted by atomic mass is 79.9. The first-order valence-electron chi connectivity index (χ1n) is 12.5. The van der Waals surface area contributed by atoms with E-state index in [1.165, 1.54) is 4.90 Å². The number of halogens is 3. The lowest BCUT2D eigenvalue weighted by molar-refractivity contribution is -0.132. The molecule has 0 saturated carbocycles. The van der Waals surface area contributed by atoms with E-state index in [4.69, 9.17) is 23.2 Å². The summed E-state index contributed by atoms with van der Waals surface area (Å²) in [4.78, 5) is 43.7. The van der Waals surface area contributed by atoms with Crippen molar-refractivity contribution in [2.45, 2.75) is 30.8 Å². The van der Waals surface area contributed by atoms with E-state index >= 15 is 0 Å². The van der Waals surface area contributed by atoms with Gasteiger partial charge in [0.25, 0.3) is 11.8 Å². The third kappa shape index (κ3) is 5.25. The molecule has 5 rings (SSSR count). The van der Waals surface area contributed by atoms with Crippen molar-refractivity contribution in [3.63, 3.8) is 0 Å². The Hall–Kier alpha value is -3.07.